The van der Waals surface area contributed by atoms with Gasteiger partial charge in [0.2, 0.25) is 11.8 Å². The zero-order chi connectivity index (χ0) is 31.9. The molecule has 3 amide bonds. The standard InChI is InChI=1S/C35H30BrN3O5S2/c1-16-3-8-19(9-4-16)37-25(40)15-44-24-12-7-18(36)13-21(24)26-27-22-14-23(30(27)45-32-31(26)46-35(43)38-32)29-28(22)33(41)39(34(29)42)20-10-5-17(2)6-11-20/h3-13,22-23,26-30H,14-15H2,1-2H3,(H,37,40)(H,38,43)/t22?,23?,26-,27?,28?,29?,30?/m1/s1. The summed E-state index contributed by atoms with van der Waals surface area (Å²) in [5.41, 5.74) is 4.34. The van der Waals surface area contributed by atoms with E-state index in [0.717, 1.165) is 37.5 Å². The van der Waals surface area contributed by atoms with E-state index in [4.69, 9.17) is 4.74 Å². The molecule has 46 heavy (non-hydrogen) atoms. The Morgan fingerprint density at radius 3 is 2.35 bits per heavy atom. The number of anilines is 2. The number of benzene rings is 3. The molecule has 0 spiro atoms. The third-order valence-corrected chi connectivity index (χ3v) is 13.1. The number of halogens is 1. The molecule has 8 nitrogen and oxygen atoms in total. The lowest BCUT2D eigenvalue weighted by Crippen LogP contribution is -2.42. The van der Waals surface area contributed by atoms with E-state index in [1.165, 1.54) is 16.2 Å². The van der Waals surface area contributed by atoms with E-state index in [-0.39, 0.29) is 64.0 Å². The Kier molecular flexibility index (Phi) is 7.26. The normalized spacial score (nSPS) is 27.4. The van der Waals surface area contributed by atoms with Crippen molar-refractivity contribution >= 4 is 68.1 Å². The van der Waals surface area contributed by atoms with E-state index in [1.54, 1.807) is 11.8 Å². The lowest BCUT2D eigenvalue weighted by atomic mass is 9.68. The molecule has 2 saturated carbocycles. The number of rotatable bonds is 6. The van der Waals surface area contributed by atoms with Crippen molar-refractivity contribution in [1.82, 2.24) is 4.98 Å². The van der Waals surface area contributed by atoms with Crippen molar-refractivity contribution < 1.29 is 19.1 Å². The molecule has 2 bridgehead atoms. The summed E-state index contributed by atoms with van der Waals surface area (Å²) in [5, 5.41) is 3.75. The highest BCUT2D eigenvalue weighted by molar-refractivity contribution is 9.10. The van der Waals surface area contributed by atoms with Crippen LogP contribution < -0.4 is 19.8 Å². The second-order valence-corrected chi connectivity index (χ2v) is 15.8. The van der Waals surface area contributed by atoms with Gasteiger partial charge in [0.05, 0.1) is 22.5 Å². The Morgan fingerprint density at radius 2 is 1.63 bits per heavy atom. The number of aromatic nitrogens is 1. The average molecular weight is 717 g/mol. The van der Waals surface area contributed by atoms with Gasteiger partial charge in [0.15, 0.2) is 6.61 Å². The molecule has 1 saturated heterocycles. The number of thioether (sulfide) groups is 1. The zero-order valence-electron chi connectivity index (χ0n) is 25.0. The van der Waals surface area contributed by atoms with Crippen LogP contribution in [0.15, 0.2) is 81.0 Å². The Morgan fingerprint density at radius 1 is 0.957 bits per heavy atom. The highest BCUT2D eigenvalue weighted by Crippen LogP contribution is 2.69. The minimum absolute atomic E-state index is 0.00273. The third-order valence-electron chi connectivity index (χ3n) is 10.0. The van der Waals surface area contributed by atoms with Gasteiger partial charge in [-0.05, 0) is 80.5 Å². The lowest BCUT2D eigenvalue weighted by Gasteiger charge is -2.43. The molecule has 3 heterocycles. The van der Waals surface area contributed by atoms with Crippen LogP contribution in [0.1, 0.15) is 33.9 Å². The molecular formula is C35H30BrN3O5S2. The number of imide groups is 1. The first-order chi connectivity index (χ1) is 22.2. The molecule has 3 aromatic carbocycles. The minimum Gasteiger partial charge on any atom is -0.483 e. The first-order valence-electron chi connectivity index (χ1n) is 15.3. The number of nitrogens with one attached hydrogen (secondary N) is 2. The van der Waals surface area contributed by atoms with Crippen molar-refractivity contribution in [2.24, 2.45) is 29.6 Å². The maximum atomic E-state index is 14.1. The van der Waals surface area contributed by atoms with Gasteiger partial charge in [-0.15, -0.1) is 11.8 Å². The van der Waals surface area contributed by atoms with Crippen LogP contribution in [0.3, 0.4) is 0 Å². The van der Waals surface area contributed by atoms with E-state index in [1.807, 2.05) is 80.6 Å². The minimum atomic E-state index is -0.405. The molecule has 6 unspecified atom stereocenters. The fourth-order valence-corrected chi connectivity index (χ4v) is 11.4. The number of hydrogen-bond donors (Lipinski definition) is 2. The van der Waals surface area contributed by atoms with Crippen LogP contribution in [0.5, 0.6) is 5.75 Å². The number of carbonyl (C=O) groups is 3. The van der Waals surface area contributed by atoms with Crippen molar-refractivity contribution in [3.63, 3.8) is 0 Å². The number of H-pyrrole nitrogens is 1. The summed E-state index contributed by atoms with van der Waals surface area (Å²) in [7, 11) is 0. The van der Waals surface area contributed by atoms with Gasteiger partial charge in [0, 0.05) is 31.8 Å². The first-order valence-corrected chi connectivity index (χ1v) is 17.8. The molecule has 3 fully saturated rings. The Hall–Kier alpha value is -3.67. The van der Waals surface area contributed by atoms with Crippen LogP contribution >= 0.6 is 39.0 Å². The number of fused-ring (bicyclic) bond motifs is 9. The van der Waals surface area contributed by atoms with Crippen LogP contribution in [0.4, 0.5) is 11.4 Å². The van der Waals surface area contributed by atoms with Crippen LogP contribution in [-0.4, -0.2) is 34.6 Å². The molecule has 1 aromatic heterocycles. The van der Waals surface area contributed by atoms with Gasteiger partial charge < -0.3 is 15.0 Å². The van der Waals surface area contributed by atoms with Crippen molar-refractivity contribution in [2.75, 3.05) is 16.8 Å². The monoisotopic (exact) mass is 715 g/mol. The molecule has 7 atom stereocenters. The molecule has 234 valence electrons. The molecule has 2 N–H and O–H groups in total. The SMILES string of the molecule is Cc1ccc(NC(=O)COc2ccc(Br)cc2[C@H]2c3sc(=O)[nH]c3SC3C4CC(C5C(=O)N(c6ccc(C)cc6)C(=O)C45)C32)cc1. The molecule has 0 radical (unpaired) electrons. The second-order valence-electron chi connectivity index (χ2n) is 12.7. The predicted octanol–water partition coefficient (Wildman–Crippen LogP) is 6.51. The maximum absolute atomic E-state index is 14.1. The first kappa shape index (κ1) is 29.7. The molecule has 11 heteroatoms. The van der Waals surface area contributed by atoms with E-state index in [9.17, 15) is 19.2 Å². The quantitative estimate of drug-likeness (QED) is 0.221. The van der Waals surface area contributed by atoms with Crippen molar-refractivity contribution in [1.29, 1.82) is 0 Å². The Labute approximate surface area is 282 Å². The number of nitrogens with zero attached hydrogens (tertiary/aromatic N) is 1. The van der Waals surface area contributed by atoms with E-state index >= 15 is 0 Å². The highest BCUT2D eigenvalue weighted by Gasteiger charge is 2.69. The summed E-state index contributed by atoms with van der Waals surface area (Å²) in [6, 6.07) is 20.8. The fraction of sp³-hybridized carbons (Fsp3) is 0.314. The average Bonchev–Trinajstić information content (AvgIpc) is 3.77. The van der Waals surface area contributed by atoms with Crippen LogP contribution in [0.2, 0.25) is 0 Å². The van der Waals surface area contributed by atoms with Gasteiger partial charge in [-0.3, -0.25) is 24.1 Å². The number of aromatic amines is 1. The van der Waals surface area contributed by atoms with Gasteiger partial charge in [0.25, 0.3) is 5.91 Å². The summed E-state index contributed by atoms with van der Waals surface area (Å²) in [6.45, 7) is 3.78. The third kappa shape index (κ3) is 4.77. The van der Waals surface area contributed by atoms with E-state index in [2.05, 4.69) is 26.2 Å². The summed E-state index contributed by atoms with van der Waals surface area (Å²) in [6.07, 6.45) is 0.787. The molecule has 8 rings (SSSR count). The van der Waals surface area contributed by atoms with Crippen molar-refractivity contribution in [2.45, 2.75) is 36.5 Å². The van der Waals surface area contributed by atoms with Crippen LogP contribution in [0, 0.1) is 43.4 Å². The lowest BCUT2D eigenvalue weighted by molar-refractivity contribution is -0.123. The van der Waals surface area contributed by atoms with Gasteiger partial charge in [-0.2, -0.15) is 0 Å². The molecule has 2 aliphatic carbocycles. The second kappa shape index (κ2) is 11.2. The Balaban J connectivity index is 1.14. The summed E-state index contributed by atoms with van der Waals surface area (Å²) < 4.78 is 7.05. The van der Waals surface area contributed by atoms with Crippen molar-refractivity contribution in [3.8, 4) is 5.75 Å². The van der Waals surface area contributed by atoms with Gasteiger partial charge in [-0.25, -0.2) is 0 Å². The fourth-order valence-electron chi connectivity index (χ4n) is 8.18. The van der Waals surface area contributed by atoms with E-state index in [0.29, 0.717) is 17.1 Å². The number of hydrogen-bond acceptors (Lipinski definition) is 7. The smallest absolute Gasteiger partial charge is 0.305 e. The summed E-state index contributed by atoms with van der Waals surface area (Å²) in [4.78, 5) is 58.9. The maximum Gasteiger partial charge on any atom is 0.305 e. The largest absolute Gasteiger partial charge is 0.483 e. The number of thiazole rings is 1. The topological polar surface area (TPSA) is 109 Å². The zero-order valence-corrected chi connectivity index (χ0v) is 28.2. The molecule has 4 aromatic rings. The number of amides is 3. The summed E-state index contributed by atoms with van der Waals surface area (Å²) >= 11 is 6.48. The number of ether oxygens (including phenoxy) is 1. The van der Waals surface area contributed by atoms with E-state index < -0.39 is 5.92 Å². The molecular weight excluding hydrogens is 686 g/mol. The molecule has 2 aliphatic heterocycles. The van der Waals surface area contributed by atoms with Crippen LogP contribution in [-0.2, 0) is 14.4 Å². The van der Waals surface area contributed by atoms with Crippen molar-refractivity contribution in [3.05, 3.63) is 102 Å². The van der Waals surface area contributed by atoms with Gasteiger partial charge in [0.1, 0.15) is 5.75 Å². The Bertz CT molecular complexity index is 1960. The number of aryl methyl sites for hydroxylation is 2. The highest BCUT2D eigenvalue weighted by atomic mass is 79.9. The predicted molar refractivity (Wildman–Crippen MR) is 182 cm³/mol. The number of carbonyl (C=O) groups excluding carboxylic acids is 3. The summed E-state index contributed by atoms with van der Waals surface area (Å²) in [5.74, 6) is -1.01. The molecule has 4 aliphatic rings. The van der Waals surface area contributed by atoms with Crippen LogP contribution in [0.25, 0.3) is 0 Å². The van der Waals surface area contributed by atoms with Gasteiger partial charge >= 0.3 is 4.87 Å². The van der Waals surface area contributed by atoms with Gasteiger partial charge in [-0.1, -0.05) is 62.7 Å².